The average Bonchev–Trinajstić information content (AvgIpc) is 3.38. The van der Waals surface area contributed by atoms with Crippen LogP contribution in [0.15, 0.2) is 84.0 Å². The zero-order valence-corrected chi connectivity index (χ0v) is 21.3. The number of nitrogens with one attached hydrogen (secondary N) is 2. The SMILES string of the molecule is COc1cccc(OCCOc2ccccc2/C=N\NC(=O)Cc2nnc(NC(=O)c3ccccc3)s2)c1. The molecule has 194 valence electrons. The third-order valence-electron chi connectivity index (χ3n) is 5.00. The maximum absolute atomic E-state index is 12.3. The van der Waals surface area contributed by atoms with Gasteiger partial charge in [-0.25, -0.2) is 5.43 Å². The first-order chi connectivity index (χ1) is 18.6. The van der Waals surface area contributed by atoms with Crippen molar-refractivity contribution in [1.82, 2.24) is 15.6 Å². The molecule has 0 aliphatic carbocycles. The van der Waals surface area contributed by atoms with Crippen LogP contribution < -0.4 is 25.0 Å². The first-order valence-corrected chi connectivity index (χ1v) is 12.4. The Morgan fingerprint density at radius 2 is 1.68 bits per heavy atom. The molecule has 0 radical (unpaired) electrons. The number of nitrogens with zero attached hydrogens (tertiary/aromatic N) is 3. The summed E-state index contributed by atoms with van der Waals surface area (Å²) < 4.78 is 16.7. The number of amides is 2. The molecule has 0 atom stereocenters. The lowest BCUT2D eigenvalue weighted by Gasteiger charge is -2.10. The van der Waals surface area contributed by atoms with Crippen molar-refractivity contribution in [2.24, 2.45) is 5.10 Å². The van der Waals surface area contributed by atoms with Crippen molar-refractivity contribution in [3.8, 4) is 17.2 Å². The molecule has 0 aliphatic rings. The average molecular weight is 532 g/mol. The van der Waals surface area contributed by atoms with Crippen molar-refractivity contribution in [2.75, 3.05) is 25.6 Å². The summed E-state index contributed by atoms with van der Waals surface area (Å²) in [5.41, 5.74) is 3.67. The van der Waals surface area contributed by atoms with E-state index < -0.39 is 0 Å². The van der Waals surface area contributed by atoms with E-state index in [1.807, 2.05) is 42.5 Å². The number of rotatable bonds is 12. The lowest BCUT2D eigenvalue weighted by Crippen LogP contribution is -2.19. The van der Waals surface area contributed by atoms with Gasteiger partial charge in [0.1, 0.15) is 35.5 Å². The third kappa shape index (κ3) is 7.87. The molecule has 0 aliphatic heterocycles. The molecule has 38 heavy (non-hydrogen) atoms. The summed E-state index contributed by atoms with van der Waals surface area (Å²) in [6, 6.07) is 23.4. The van der Waals surface area contributed by atoms with Gasteiger partial charge in [0.2, 0.25) is 11.0 Å². The van der Waals surface area contributed by atoms with Crippen LogP contribution in [0.3, 0.4) is 0 Å². The quantitative estimate of drug-likeness (QED) is 0.161. The molecular formula is C27H25N5O5S. The van der Waals surface area contributed by atoms with Crippen LogP contribution in [-0.2, 0) is 11.2 Å². The fourth-order valence-electron chi connectivity index (χ4n) is 3.21. The molecule has 1 heterocycles. The van der Waals surface area contributed by atoms with Gasteiger partial charge in [-0.3, -0.25) is 14.9 Å². The molecule has 0 saturated heterocycles. The van der Waals surface area contributed by atoms with Crippen LogP contribution in [-0.4, -0.2) is 48.5 Å². The predicted molar refractivity (Wildman–Crippen MR) is 144 cm³/mol. The van der Waals surface area contributed by atoms with E-state index >= 15 is 0 Å². The molecule has 0 saturated carbocycles. The smallest absolute Gasteiger partial charge is 0.257 e. The molecule has 2 amide bonds. The largest absolute Gasteiger partial charge is 0.497 e. The van der Waals surface area contributed by atoms with Crippen molar-refractivity contribution < 1.29 is 23.8 Å². The minimum atomic E-state index is -0.372. The molecule has 1 aromatic heterocycles. The Morgan fingerprint density at radius 1 is 0.921 bits per heavy atom. The second-order valence-corrected chi connectivity index (χ2v) is 8.77. The summed E-state index contributed by atoms with van der Waals surface area (Å²) in [7, 11) is 1.60. The number of ether oxygens (including phenoxy) is 3. The highest BCUT2D eigenvalue weighted by Gasteiger charge is 2.12. The van der Waals surface area contributed by atoms with Gasteiger partial charge < -0.3 is 14.2 Å². The Kier molecular flexibility index (Phi) is 9.35. The third-order valence-corrected chi connectivity index (χ3v) is 5.84. The summed E-state index contributed by atoms with van der Waals surface area (Å²) in [5.74, 6) is 1.33. The van der Waals surface area contributed by atoms with Crippen molar-refractivity contribution >= 4 is 34.5 Å². The zero-order valence-electron chi connectivity index (χ0n) is 20.5. The minimum Gasteiger partial charge on any atom is -0.497 e. The minimum absolute atomic E-state index is 0.0318. The van der Waals surface area contributed by atoms with Gasteiger partial charge in [-0.2, -0.15) is 5.10 Å². The summed E-state index contributed by atoms with van der Waals surface area (Å²) >= 11 is 1.12. The van der Waals surface area contributed by atoms with Crippen LogP contribution in [0.1, 0.15) is 20.9 Å². The number of anilines is 1. The van der Waals surface area contributed by atoms with Gasteiger partial charge in [0.15, 0.2) is 0 Å². The maximum Gasteiger partial charge on any atom is 0.257 e. The van der Waals surface area contributed by atoms with Gasteiger partial charge in [-0.15, -0.1) is 10.2 Å². The molecule has 4 rings (SSSR count). The van der Waals surface area contributed by atoms with Crippen LogP contribution in [0.2, 0.25) is 0 Å². The Hall–Kier alpha value is -4.77. The molecule has 0 unspecified atom stereocenters. The van der Waals surface area contributed by atoms with Gasteiger partial charge in [-0.1, -0.05) is 47.7 Å². The molecule has 0 bridgehead atoms. The van der Waals surface area contributed by atoms with Crippen molar-refractivity contribution in [2.45, 2.75) is 6.42 Å². The second-order valence-electron chi connectivity index (χ2n) is 7.70. The van der Waals surface area contributed by atoms with E-state index in [-0.39, 0.29) is 18.2 Å². The standard InChI is InChI=1S/C27H25N5O5S/c1-35-21-11-7-12-22(16-21)36-14-15-37-23-13-6-5-10-20(23)18-28-30-24(33)17-25-31-32-27(38-25)29-26(34)19-8-3-2-4-9-19/h2-13,16,18H,14-15,17H2,1H3,(H,30,33)(H,29,32,34)/b28-18-. The van der Waals surface area contributed by atoms with Gasteiger partial charge >= 0.3 is 0 Å². The summed E-state index contributed by atoms with van der Waals surface area (Å²) in [6.45, 7) is 0.652. The van der Waals surface area contributed by atoms with E-state index in [1.165, 1.54) is 6.21 Å². The Labute approximate surface area is 223 Å². The lowest BCUT2D eigenvalue weighted by molar-refractivity contribution is -0.120. The summed E-state index contributed by atoms with van der Waals surface area (Å²) in [5, 5.41) is 15.3. The number of hydrazone groups is 1. The molecule has 0 spiro atoms. The first-order valence-electron chi connectivity index (χ1n) is 11.6. The van der Waals surface area contributed by atoms with E-state index in [0.29, 0.717) is 51.7 Å². The molecule has 0 fully saturated rings. The van der Waals surface area contributed by atoms with Crippen LogP contribution >= 0.6 is 11.3 Å². The highest BCUT2D eigenvalue weighted by molar-refractivity contribution is 7.15. The van der Waals surface area contributed by atoms with Crippen LogP contribution in [0.5, 0.6) is 17.2 Å². The van der Waals surface area contributed by atoms with Gasteiger partial charge in [0.25, 0.3) is 5.91 Å². The Bertz CT molecular complexity index is 1390. The Morgan fingerprint density at radius 3 is 2.53 bits per heavy atom. The lowest BCUT2D eigenvalue weighted by atomic mass is 10.2. The normalized spacial score (nSPS) is 10.7. The highest BCUT2D eigenvalue weighted by Crippen LogP contribution is 2.20. The number of benzene rings is 3. The number of hydrogen-bond acceptors (Lipinski definition) is 9. The van der Waals surface area contributed by atoms with Crippen LogP contribution in [0.4, 0.5) is 5.13 Å². The van der Waals surface area contributed by atoms with Gasteiger partial charge in [0, 0.05) is 17.2 Å². The topological polar surface area (TPSA) is 124 Å². The maximum atomic E-state index is 12.3. The highest BCUT2D eigenvalue weighted by atomic mass is 32.1. The molecule has 3 aromatic carbocycles. The van der Waals surface area contributed by atoms with E-state index in [2.05, 4.69) is 26.0 Å². The number of carbonyl (C=O) groups excluding carboxylic acids is 2. The number of carbonyl (C=O) groups is 2. The fourth-order valence-corrected chi connectivity index (χ4v) is 3.94. The number of para-hydroxylation sites is 1. The molecule has 10 nitrogen and oxygen atoms in total. The van der Waals surface area contributed by atoms with Crippen LogP contribution in [0, 0.1) is 0 Å². The molecule has 11 heteroatoms. The Balaban J connectivity index is 1.23. The van der Waals surface area contributed by atoms with E-state index in [0.717, 1.165) is 11.3 Å². The number of aromatic nitrogens is 2. The first kappa shape index (κ1) is 26.3. The second kappa shape index (κ2) is 13.5. The number of hydrogen-bond donors (Lipinski definition) is 2. The molecule has 4 aromatic rings. The van der Waals surface area contributed by atoms with Gasteiger partial charge in [0.05, 0.1) is 19.7 Å². The van der Waals surface area contributed by atoms with Crippen LogP contribution in [0.25, 0.3) is 0 Å². The van der Waals surface area contributed by atoms with E-state index in [9.17, 15) is 9.59 Å². The predicted octanol–water partition coefficient (Wildman–Crippen LogP) is 3.95. The molecular weight excluding hydrogens is 506 g/mol. The van der Waals surface area contributed by atoms with Crippen molar-refractivity contribution in [3.05, 3.63) is 95.0 Å². The summed E-state index contributed by atoms with van der Waals surface area (Å²) in [6.07, 6.45) is 1.47. The van der Waals surface area contributed by atoms with E-state index in [1.54, 1.807) is 43.5 Å². The summed E-state index contributed by atoms with van der Waals surface area (Å²) in [4.78, 5) is 24.5. The van der Waals surface area contributed by atoms with Crippen molar-refractivity contribution in [3.63, 3.8) is 0 Å². The zero-order chi connectivity index (χ0) is 26.6. The monoisotopic (exact) mass is 531 g/mol. The van der Waals surface area contributed by atoms with E-state index in [4.69, 9.17) is 14.2 Å². The fraction of sp³-hybridized carbons (Fsp3) is 0.148. The van der Waals surface area contributed by atoms with Crippen molar-refractivity contribution in [1.29, 1.82) is 0 Å². The molecule has 2 N–H and O–H groups in total. The number of methoxy groups -OCH3 is 1. The van der Waals surface area contributed by atoms with Gasteiger partial charge in [-0.05, 0) is 36.4 Å².